The summed E-state index contributed by atoms with van der Waals surface area (Å²) < 4.78 is 6.86. The minimum atomic E-state index is 0.0406. The van der Waals surface area contributed by atoms with Crippen molar-refractivity contribution in [2.75, 3.05) is 7.11 Å². The zero-order valence-electron chi connectivity index (χ0n) is 10.8. The molecule has 0 N–H and O–H groups in total. The van der Waals surface area contributed by atoms with Gasteiger partial charge in [-0.3, -0.25) is 9.48 Å². The molecule has 94 valence electrons. The van der Waals surface area contributed by atoms with Gasteiger partial charge in [0.25, 0.3) is 0 Å². The van der Waals surface area contributed by atoms with E-state index in [0.29, 0.717) is 12.1 Å². The molecule has 0 bridgehead atoms. The van der Waals surface area contributed by atoms with Gasteiger partial charge in [-0.25, -0.2) is 0 Å². The Labute approximate surface area is 106 Å². The Hall–Kier alpha value is -2.10. The lowest BCUT2D eigenvalue weighted by atomic mass is 10.0. The first-order valence-electron chi connectivity index (χ1n) is 5.76. The van der Waals surface area contributed by atoms with Crippen LogP contribution in [-0.2, 0) is 13.5 Å². The van der Waals surface area contributed by atoms with E-state index in [1.165, 1.54) is 0 Å². The summed E-state index contributed by atoms with van der Waals surface area (Å²) in [6.07, 6.45) is 1.95. The second-order valence-corrected chi connectivity index (χ2v) is 4.26. The van der Waals surface area contributed by atoms with Gasteiger partial charge in [0.2, 0.25) is 0 Å². The average Bonchev–Trinajstić information content (AvgIpc) is 2.76. The molecule has 0 spiro atoms. The highest BCUT2D eigenvalue weighted by Gasteiger charge is 2.13. The number of benzene rings is 1. The highest BCUT2D eigenvalue weighted by molar-refractivity contribution is 5.96. The van der Waals surface area contributed by atoms with Gasteiger partial charge in [0, 0.05) is 25.2 Å². The van der Waals surface area contributed by atoms with Crippen LogP contribution in [0.1, 0.15) is 21.6 Å². The number of aromatic nitrogens is 2. The maximum Gasteiger partial charge on any atom is 0.185 e. The van der Waals surface area contributed by atoms with Crippen LogP contribution < -0.4 is 4.74 Å². The van der Waals surface area contributed by atoms with Crippen LogP contribution in [0.3, 0.4) is 0 Å². The van der Waals surface area contributed by atoms with Crippen molar-refractivity contribution >= 4 is 5.78 Å². The minimum absolute atomic E-state index is 0.0406. The van der Waals surface area contributed by atoms with Crippen LogP contribution in [-0.4, -0.2) is 22.7 Å². The van der Waals surface area contributed by atoms with Crippen molar-refractivity contribution in [2.45, 2.75) is 13.3 Å². The first kappa shape index (κ1) is 12.4. The molecule has 4 heteroatoms. The van der Waals surface area contributed by atoms with E-state index in [-0.39, 0.29) is 5.78 Å². The van der Waals surface area contributed by atoms with Gasteiger partial charge in [-0.15, -0.1) is 0 Å². The molecular formula is C14H16N2O2. The van der Waals surface area contributed by atoms with E-state index in [4.69, 9.17) is 4.74 Å². The van der Waals surface area contributed by atoms with Gasteiger partial charge in [-0.1, -0.05) is 17.7 Å². The third-order valence-electron chi connectivity index (χ3n) is 2.89. The minimum Gasteiger partial charge on any atom is -0.496 e. The second kappa shape index (κ2) is 5.04. The summed E-state index contributed by atoms with van der Waals surface area (Å²) in [6.45, 7) is 2.00. The molecular weight excluding hydrogens is 228 g/mol. The van der Waals surface area contributed by atoms with E-state index in [9.17, 15) is 4.79 Å². The fourth-order valence-corrected chi connectivity index (χ4v) is 1.96. The molecule has 2 aromatic rings. The number of hydrogen-bond donors (Lipinski definition) is 0. The number of carbonyl (C=O) groups is 1. The van der Waals surface area contributed by atoms with E-state index in [1.54, 1.807) is 31.1 Å². The average molecular weight is 244 g/mol. The van der Waals surface area contributed by atoms with Crippen molar-refractivity contribution in [3.05, 3.63) is 47.3 Å². The summed E-state index contributed by atoms with van der Waals surface area (Å²) >= 11 is 0. The van der Waals surface area contributed by atoms with Gasteiger partial charge >= 0.3 is 0 Å². The van der Waals surface area contributed by atoms with Crippen molar-refractivity contribution in [3.63, 3.8) is 0 Å². The highest BCUT2D eigenvalue weighted by atomic mass is 16.5. The van der Waals surface area contributed by atoms with Crippen molar-refractivity contribution in [3.8, 4) is 5.75 Å². The van der Waals surface area contributed by atoms with Crippen LogP contribution in [0.15, 0.2) is 30.5 Å². The molecule has 0 radical (unpaired) electrons. The first-order valence-corrected chi connectivity index (χ1v) is 5.76. The summed E-state index contributed by atoms with van der Waals surface area (Å²) in [5.41, 5.74) is 2.63. The SMILES string of the molecule is COc1ccc(C)cc1CC(=O)c1ccnn1C. The van der Waals surface area contributed by atoms with E-state index < -0.39 is 0 Å². The molecule has 0 aliphatic carbocycles. The van der Waals surface area contributed by atoms with Crippen LogP contribution in [0.2, 0.25) is 0 Å². The summed E-state index contributed by atoms with van der Waals surface area (Å²) in [5.74, 6) is 0.787. The number of hydrogen-bond acceptors (Lipinski definition) is 3. The first-order chi connectivity index (χ1) is 8.61. The van der Waals surface area contributed by atoms with E-state index in [1.807, 2.05) is 25.1 Å². The van der Waals surface area contributed by atoms with Gasteiger partial charge in [0.1, 0.15) is 11.4 Å². The summed E-state index contributed by atoms with van der Waals surface area (Å²) in [4.78, 5) is 12.2. The van der Waals surface area contributed by atoms with Crippen LogP contribution in [0.5, 0.6) is 5.75 Å². The van der Waals surface area contributed by atoms with E-state index >= 15 is 0 Å². The van der Waals surface area contributed by atoms with Gasteiger partial charge in [0.05, 0.1) is 7.11 Å². The Morgan fingerprint density at radius 3 is 2.78 bits per heavy atom. The maximum absolute atomic E-state index is 12.2. The van der Waals surface area contributed by atoms with Crippen LogP contribution in [0, 0.1) is 6.92 Å². The second-order valence-electron chi connectivity index (χ2n) is 4.26. The Kier molecular flexibility index (Phi) is 3.46. The monoisotopic (exact) mass is 244 g/mol. The smallest absolute Gasteiger partial charge is 0.185 e. The molecule has 0 aliphatic rings. The quantitative estimate of drug-likeness (QED) is 0.774. The zero-order chi connectivity index (χ0) is 13.1. The standard InChI is InChI=1S/C14H16N2O2/c1-10-4-5-14(18-3)11(8-10)9-13(17)12-6-7-15-16(12)2/h4-8H,9H2,1-3H3. The predicted molar refractivity (Wildman–Crippen MR) is 69.0 cm³/mol. The Bertz CT molecular complexity index is 573. The molecule has 0 saturated heterocycles. The number of aryl methyl sites for hydroxylation is 2. The number of carbonyl (C=O) groups excluding carboxylic acids is 1. The summed E-state index contributed by atoms with van der Waals surface area (Å²) in [6, 6.07) is 7.57. The topological polar surface area (TPSA) is 44.1 Å². The fourth-order valence-electron chi connectivity index (χ4n) is 1.96. The fraction of sp³-hybridized carbons (Fsp3) is 0.286. The molecule has 1 aromatic heterocycles. The number of nitrogens with zero attached hydrogens (tertiary/aromatic N) is 2. The van der Waals surface area contributed by atoms with Gasteiger partial charge in [-0.2, -0.15) is 5.10 Å². The van der Waals surface area contributed by atoms with Gasteiger partial charge < -0.3 is 4.74 Å². The van der Waals surface area contributed by atoms with Gasteiger partial charge in [0.15, 0.2) is 5.78 Å². The number of methoxy groups -OCH3 is 1. The summed E-state index contributed by atoms with van der Waals surface area (Å²) in [7, 11) is 3.38. The molecule has 1 heterocycles. The predicted octanol–water partition coefficient (Wildman–Crippen LogP) is 2.16. The normalized spacial score (nSPS) is 10.4. The highest BCUT2D eigenvalue weighted by Crippen LogP contribution is 2.21. The molecule has 0 unspecified atom stereocenters. The molecule has 0 atom stereocenters. The number of rotatable bonds is 4. The van der Waals surface area contributed by atoms with E-state index in [0.717, 1.165) is 16.9 Å². The molecule has 18 heavy (non-hydrogen) atoms. The Morgan fingerprint density at radius 2 is 2.17 bits per heavy atom. The van der Waals surface area contributed by atoms with Crippen LogP contribution >= 0.6 is 0 Å². The molecule has 1 aromatic carbocycles. The lowest BCUT2D eigenvalue weighted by Gasteiger charge is -2.09. The lowest BCUT2D eigenvalue weighted by Crippen LogP contribution is -2.10. The van der Waals surface area contributed by atoms with Crippen LogP contribution in [0.4, 0.5) is 0 Å². The lowest BCUT2D eigenvalue weighted by molar-refractivity contribution is 0.0983. The zero-order valence-corrected chi connectivity index (χ0v) is 10.8. The van der Waals surface area contributed by atoms with E-state index in [2.05, 4.69) is 5.10 Å². The van der Waals surface area contributed by atoms with Crippen molar-refractivity contribution in [2.24, 2.45) is 7.05 Å². The Balaban J connectivity index is 2.27. The number of Topliss-reactive ketones (excluding diaryl/α,β-unsaturated/α-hetero) is 1. The largest absolute Gasteiger partial charge is 0.496 e. The molecule has 0 amide bonds. The molecule has 4 nitrogen and oxygen atoms in total. The maximum atomic E-state index is 12.2. The number of ether oxygens (including phenoxy) is 1. The third-order valence-corrected chi connectivity index (χ3v) is 2.89. The van der Waals surface area contributed by atoms with Crippen molar-refractivity contribution < 1.29 is 9.53 Å². The molecule has 0 saturated carbocycles. The number of ketones is 1. The third kappa shape index (κ3) is 2.42. The van der Waals surface area contributed by atoms with Gasteiger partial charge in [-0.05, 0) is 19.1 Å². The molecule has 0 fully saturated rings. The summed E-state index contributed by atoms with van der Waals surface area (Å²) in [5, 5.41) is 4.00. The van der Waals surface area contributed by atoms with Crippen molar-refractivity contribution in [1.82, 2.24) is 9.78 Å². The Morgan fingerprint density at radius 1 is 1.39 bits per heavy atom. The molecule has 0 aliphatic heterocycles. The van der Waals surface area contributed by atoms with Crippen molar-refractivity contribution in [1.29, 1.82) is 0 Å². The van der Waals surface area contributed by atoms with Crippen LogP contribution in [0.25, 0.3) is 0 Å². The molecule has 2 rings (SSSR count).